The molecule has 0 saturated carbocycles. The van der Waals surface area contributed by atoms with Gasteiger partial charge in [0.1, 0.15) is 5.25 Å². The quantitative estimate of drug-likeness (QED) is 0.612. The van der Waals surface area contributed by atoms with Crippen LogP contribution in [0.25, 0.3) is 0 Å². The first-order valence-corrected chi connectivity index (χ1v) is 7.98. The monoisotopic (exact) mass is 309 g/mol. The van der Waals surface area contributed by atoms with E-state index >= 15 is 0 Å². The third kappa shape index (κ3) is 6.31. The third-order valence-electron chi connectivity index (χ3n) is 2.30. The van der Waals surface area contributed by atoms with E-state index in [-0.39, 0.29) is 11.4 Å². The lowest BCUT2D eigenvalue weighted by molar-refractivity contribution is -0.123. The van der Waals surface area contributed by atoms with Crippen molar-refractivity contribution in [3.63, 3.8) is 0 Å². The molecule has 0 aromatic carbocycles. The summed E-state index contributed by atoms with van der Waals surface area (Å²) in [5, 5.41) is 1.73. The topological polar surface area (TPSA) is 101 Å². The van der Waals surface area contributed by atoms with Gasteiger partial charge in [-0.15, -0.1) is 0 Å². The Hall–Kier alpha value is -0.730. The summed E-state index contributed by atoms with van der Waals surface area (Å²) >= 11 is 4.73. The van der Waals surface area contributed by atoms with Crippen LogP contribution in [0.1, 0.15) is 41.0 Å². The molecule has 0 radical (unpaired) electrons. The van der Waals surface area contributed by atoms with Crippen molar-refractivity contribution in [2.24, 2.45) is 5.73 Å². The maximum Gasteiger partial charge on any atom is 0.238 e. The molecule has 2 atom stereocenters. The number of nitrogens with one attached hydrogen (secondary N) is 2. The maximum atomic E-state index is 12.0. The Morgan fingerprint density at radius 2 is 1.84 bits per heavy atom. The van der Waals surface area contributed by atoms with Crippen molar-refractivity contribution in [3.05, 3.63) is 0 Å². The standard InChI is InChI=1S/C11H23N3O3S2/c1-6-8(9(12)18)19(16,17)14-7(2)10(15)13-11(3,4)5/h7-8,14H,6H2,1-5H3,(H2,12,18)(H,13,15). The fourth-order valence-electron chi connectivity index (χ4n) is 1.43. The highest BCUT2D eigenvalue weighted by Crippen LogP contribution is 2.07. The van der Waals surface area contributed by atoms with Crippen LogP contribution in [0, 0.1) is 0 Å². The predicted octanol–water partition coefficient (Wildman–Crippen LogP) is 0.274. The van der Waals surface area contributed by atoms with E-state index < -0.39 is 32.8 Å². The summed E-state index contributed by atoms with van der Waals surface area (Å²) in [4.78, 5) is 11.7. The van der Waals surface area contributed by atoms with E-state index in [1.807, 2.05) is 20.8 Å². The smallest absolute Gasteiger partial charge is 0.238 e. The average molecular weight is 309 g/mol. The van der Waals surface area contributed by atoms with Gasteiger partial charge in [-0.25, -0.2) is 13.1 Å². The first-order valence-electron chi connectivity index (χ1n) is 6.03. The lowest BCUT2D eigenvalue weighted by Crippen LogP contribution is -2.53. The van der Waals surface area contributed by atoms with Gasteiger partial charge in [-0.2, -0.15) is 0 Å². The second kappa shape index (κ2) is 6.62. The largest absolute Gasteiger partial charge is 0.392 e. The highest BCUT2D eigenvalue weighted by Gasteiger charge is 2.30. The second-order valence-corrected chi connectivity index (χ2v) is 7.79. The molecule has 2 unspecified atom stereocenters. The van der Waals surface area contributed by atoms with Crippen LogP contribution in [0.5, 0.6) is 0 Å². The number of amides is 1. The molecule has 0 rings (SSSR count). The van der Waals surface area contributed by atoms with Crippen LogP contribution >= 0.6 is 12.2 Å². The number of carbonyl (C=O) groups excluding carboxylic acids is 1. The summed E-state index contributed by atoms with van der Waals surface area (Å²) in [7, 11) is -3.75. The lowest BCUT2D eigenvalue weighted by Gasteiger charge is -2.24. The zero-order valence-electron chi connectivity index (χ0n) is 12.0. The summed E-state index contributed by atoms with van der Waals surface area (Å²) in [6, 6.07) is -0.882. The molecule has 0 heterocycles. The molecular weight excluding hydrogens is 286 g/mol. The van der Waals surface area contributed by atoms with Crippen LogP contribution in [-0.4, -0.2) is 36.1 Å². The van der Waals surface area contributed by atoms with Crippen LogP contribution in [0.4, 0.5) is 0 Å². The minimum Gasteiger partial charge on any atom is -0.392 e. The van der Waals surface area contributed by atoms with Gasteiger partial charge in [-0.3, -0.25) is 4.79 Å². The minimum atomic E-state index is -3.75. The van der Waals surface area contributed by atoms with Crippen molar-refractivity contribution >= 4 is 33.1 Å². The first-order chi connectivity index (χ1) is 8.40. The Morgan fingerprint density at radius 3 is 2.16 bits per heavy atom. The fraction of sp³-hybridized carbons (Fsp3) is 0.818. The molecule has 4 N–H and O–H groups in total. The van der Waals surface area contributed by atoms with Gasteiger partial charge in [0.2, 0.25) is 15.9 Å². The van der Waals surface area contributed by atoms with Gasteiger partial charge in [-0.05, 0) is 34.1 Å². The van der Waals surface area contributed by atoms with Gasteiger partial charge in [0.25, 0.3) is 0 Å². The molecule has 0 bridgehead atoms. The van der Waals surface area contributed by atoms with Crippen molar-refractivity contribution in [1.29, 1.82) is 0 Å². The lowest BCUT2D eigenvalue weighted by atomic mass is 10.1. The summed E-state index contributed by atoms with van der Waals surface area (Å²) in [6.45, 7) is 8.59. The Balaban J connectivity index is 4.85. The minimum absolute atomic E-state index is 0.0987. The molecule has 0 spiro atoms. The van der Waals surface area contributed by atoms with Crippen LogP contribution in [0.2, 0.25) is 0 Å². The Kier molecular flexibility index (Phi) is 6.37. The van der Waals surface area contributed by atoms with Gasteiger partial charge in [-0.1, -0.05) is 19.1 Å². The normalized spacial score (nSPS) is 15.6. The summed E-state index contributed by atoms with van der Waals surface area (Å²) in [5.74, 6) is -0.395. The SMILES string of the molecule is CCC(C(N)=S)S(=O)(=O)NC(C)C(=O)NC(C)(C)C. The second-order valence-electron chi connectivity index (χ2n) is 5.42. The van der Waals surface area contributed by atoms with Crippen LogP contribution < -0.4 is 15.8 Å². The van der Waals surface area contributed by atoms with E-state index in [0.29, 0.717) is 0 Å². The van der Waals surface area contributed by atoms with E-state index in [2.05, 4.69) is 10.0 Å². The summed E-state index contributed by atoms with van der Waals surface area (Å²) < 4.78 is 26.4. The molecule has 19 heavy (non-hydrogen) atoms. The predicted molar refractivity (Wildman–Crippen MR) is 80.3 cm³/mol. The van der Waals surface area contributed by atoms with Gasteiger partial charge in [0.15, 0.2) is 0 Å². The van der Waals surface area contributed by atoms with Gasteiger partial charge >= 0.3 is 0 Å². The van der Waals surface area contributed by atoms with Crippen molar-refractivity contribution in [2.45, 2.75) is 57.9 Å². The van der Waals surface area contributed by atoms with Gasteiger partial charge in [0, 0.05) is 5.54 Å². The van der Waals surface area contributed by atoms with Crippen LogP contribution in [0.15, 0.2) is 0 Å². The number of sulfonamides is 1. The Morgan fingerprint density at radius 1 is 1.37 bits per heavy atom. The molecule has 0 aliphatic heterocycles. The molecule has 6 nitrogen and oxygen atoms in total. The third-order valence-corrected chi connectivity index (χ3v) is 4.75. The Bertz CT molecular complexity index is 441. The molecule has 0 aliphatic rings. The van der Waals surface area contributed by atoms with E-state index in [4.69, 9.17) is 18.0 Å². The fourth-order valence-corrected chi connectivity index (χ4v) is 3.49. The van der Waals surface area contributed by atoms with Crippen LogP contribution in [-0.2, 0) is 14.8 Å². The highest BCUT2D eigenvalue weighted by molar-refractivity contribution is 7.93. The summed E-state index contributed by atoms with van der Waals surface area (Å²) in [5.41, 5.74) is 4.97. The highest BCUT2D eigenvalue weighted by atomic mass is 32.2. The number of rotatable bonds is 6. The first kappa shape index (κ1) is 18.3. The van der Waals surface area contributed by atoms with Crippen molar-refractivity contribution in [1.82, 2.24) is 10.0 Å². The number of nitrogens with two attached hydrogens (primary N) is 1. The summed E-state index contributed by atoms with van der Waals surface area (Å²) in [6.07, 6.45) is 0.262. The number of carbonyl (C=O) groups is 1. The number of hydrogen-bond acceptors (Lipinski definition) is 4. The molecule has 0 fully saturated rings. The van der Waals surface area contributed by atoms with E-state index in [0.717, 1.165) is 0 Å². The number of thiocarbonyl (C=S) groups is 1. The van der Waals surface area contributed by atoms with Gasteiger partial charge < -0.3 is 11.1 Å². The molecule has 1 amide bonds. The molecule has 0 aliphatic carbocycles. The molecule has 8 heteroatoms. The van der Waals surface area contributed by atoms with Crippen LogP contribution in [0.3, 0.4) is 0 Å². The van der Waals surface area contributed by atoms with Crippen molar-refractivity contribution in [2.75, 3.05) is 0 Å². The van der Waals surface area contributed by atoms with E-state index in [9.17, 15) is 13.2 Å². The molecule has 0 saturated heterocycles. The van der Waals surface area contributed by atoms with Crippen molar-refractivity contribution < 1.29 is 13.2 Å². The zero-order valence-corrected chi connectivity index (χ0v) is 13.6. The Labute approximate surface area is 120 Å². The van der Waals surface area contributed by atoms with E-state index in [1.54, 1.807) is 6.92 Å². The molecular formula is C11H23N3O3S2. The van der Waals surface area contributed by atoms with Crippen molar-refractivity contribution in [3.8, 4) is 0 Å². The average Bonchev–Trinajstić information content (AvgIpc) is 2.13. The molecule has 112 valence electrons. The van der Waals surface area contributed by atoms with E-state index in [1.165, 1.54) is 6.92 Å². The molecule has 0 aromatic rings. The maximum absolute atomic E-state index is 12.0. The zero-order chi connectivity index (χ0) is 15.4. The van der Waals surface area contributed by atoms with Gasteiger partial charge in [0.05, 0.1) is 11.0 Å². The molecule has 0 aromatic heterocycles. The number of hydrogen-bond donors (Lipinski definition) is 3.